The van der Waals surface area contributed by atoms with Gasteiger partial charge in [0.15, 0.2) is 0 Å². The summed E-state index contributed by atoms with van der Waals surface area (Å²) < 4.78 is 36.1. The van der Waals surface area contributed by atoms with E-state index in [-0.39, 0.29) is 6.42 Å². The summed E-state index contributed by atoms with van der Waals surface area (Å²) in [6.45, 7) is 1.22. The van der Waals surface area contributed by atoms with Crippen LogP contribution in [0.1, 0.15) is 26.2 Å². The number of carbonyl (C=O) groups excluding carboxylic acids is 1. The zero-order valence-corrected chi connectivity index (χ0v) is 8.87. The van der Waals surface area contributed by atoms with Crippen molar-refractivity contribution in [1.29, 1.82) is 0 Å². The monoisotopic (exact) mass is 256 g/mol. The summed E-state index contributed by atoms with van der Waals surface area (Å²) in [5.41, 5.74) is -2.21. The van der Waals surface area contributed by atoms with E-state index in [4.69, 9.17) is 10.2 Å². The van der Waals surface area contributed by atoms with Crippen LogP contribution in [0.3, 0.4) is 0 Å². The van der Waals surface area contributed by atoms with Crippen molar-refractivity contribution in [2.45, 2.75) is 32.4 Å². The summed E-state index contributed by atoms with van der Waals surface area (Å²) in [6, 6.07) is 0. The van der Waals surface area contributed by atoms with E-state index in [1.807, 2.05) is 0 Å². The highest BCUT2D eigenvalue weighted by atomic mass is 19.4. The molecule has 0 aromatic carbocycles. The van der Waals surface area contributed by atoms with E-state index in [0.29, 0.717) is 0 Å². The Morgan fingerprint density at radius 1 is 1.06 bits per heavy atom. The van der Waals surface area contributed by atoms with E-state index < -0.39 is 42.2 Å². The van der Waals surface area contributed by atoms with Gasteiger partial charge in [0, 0.05) is 6.42 Å². The number of Topliss-reactive ketones (excluding diaryl/α,β-unsaturated/α-hetero) is 1. The topological polar surface area (TPSA) is 91.7 Å². The quantitative estimate of drug-likeness (QED) is 0.750. The first-order valence-electron chi connectivity index (χ1n) is 4.60. The third kappa shape index (κ3) is 4.04. The molecule has 0 rings (SSSR count). The van der Waals surface area contributed by atoms with Gasteiger partial charge in [0.05, 0.1) is 11.8 Å². The molecule has 98 valence electrons. The van der Waals surface area contributed by atoms with Crippen LogP contribution in [0.2, 0.25) is 0 Å². The summed E-state index contributed by atoms with van der Waals surface area (Å²) >= 11 is 0. The Hall–Kier alpha value is -1.60. The van der Waals surface area contributed by atoms with Gasteiger partial charge in [0.1, 0.15) is 0 Å². The van der Waals surface area contributed by atoms with Gasteiger partial charge in [0.2, 0.25) is 5.78 Å². The van der Waals surface area contributed by atoms with E-state index in [1.165, 1.54) is 6.92 Å². The zero-order valence-electron chi connectivity index (χ0n) is 8.87. The lowest BCUT2D eigenvalue weighted by Gasteiger charge is -2.25. The molecule has 5 nitrogen and oxygen atoms in total. The summed E-state index contributed by atoms with van der Waals surface area (Å²) in [5, 5.41) is 17.3. The van der Waals surface area contributed by atoms with Crippen LogP contribution in [0.4, 0.5) is 13.2 Å². The second-order valence-corrected chi connectivity index (χ2v) is 3.61. The molecule has 0 saturated carbocycles. The number of aliphatic carboxylic acids is 2. The maximum absolute atomic E-state index is 12.0. The van der Waals surface area contributed by atoms with Gasteiger partial charge in [-0.3, -0.25) is 14.4 Å². The standard InChI is InChI=1S/C9H11F3O5/c1-2-8(7(16)17,4-6(14)15)3-5(13)9(10,11)12/h2-4H2,1H3,(H,14,15)(H,16,17). The Balaban J connectivity index is 5.13. The van der Waals surface area contributed by atoms with Gasteiger partial charge in [-0.15, -0.1) is 0 Å². The van der Waals surface area contributed by atoms with Gasteiger partial charge < -0.3 is 10.2 Å². The average Bonchev–Trinajstić information content (AvgIpc) is 2.13. The minimum absolute atomic E-state index is 0.379. The van der Waals surface area contributed by atoms with Crippen molar-refractivity contribution in [2.75, 3.05) is 0 Å². The van der Waals surface area contributed by atoms with Crippen molar-refractivity contribution in [3.8, 4) is 0 Å². The molecule has 0 spiro atoms. The average molecular weight is 256 g/mol. The Morgan fingerprint density at radius 2 is 1.53 bits per heavy atom. The van der Waals surface area contributed by atoms with Crippen LogP contribution in [0.5, 0.6) is 0 Å². The van der Waals surface area contributed by atoms with Crippen molar-refractivity contribution in [2.24, 2.45) is 5.41 Å². The first-order valence-corrected chi connectivity index (χ1v) is 4.60. The summed E-state index contributed by atoms with van der Waals surface area (Å²) in [6.07, 6.45) is -7.93. The summed E-state index contributed by atoms with van der Waals surface area (Å²) in [7, 11) is 0. The molecule has 0 radical (unpaired) electrons. The number of hydrogen-bond acceptors (Lipinski definition) is 3. The van der Waals surface area contributed by atoms with Crippen molar-refractivity contribution >= 4 is 17.7 Å². The molecule has 0 aromatic heterocycles. The molecular formula is C9H11F3O5. The van der Waals surface area contributed by atoms with Crippen LogP contribution in [0, 0.1) is 5.41 Å². The number of carboxylic acids is 2. The highest BCUT2D eigenvalue weighted by Crippen LogP contribution is 2.34. The lowest BCUT2D eigenvalue weighted by molar-refractivity contribution is -0.177. The van der Waals surface area contributed by atoms with Crippen LogP contribution < -0.4 is 0 Å². The SMILES string of the molecule is CCC(CC(=O)O)(CC(=O)C(F)(F)F)C(=O)O. The third-order valence-corrected chi connectivity index (χ3v) is 2.44. The van der Waals surface area contributed by atoms with E-state index >= 15 is 0 Å². The van der Waals surface area contributed by atoms with Gasteiger partial charge in [-0.1, -0.05) is 6.92 Å². The molecule has 0 saturated heterocycles. The molecule has 0 aliphatic heterocycles. The number of halogens is 3. The molecule has 0 amide bonds. The van der Waals surface area contributed by atoms with Gasteiger partial charge in [-0.05, 0) is 6.42 Å². The lowest BCUT2D eigenvalue weighted by atomic mass is 9.77. The van der Waals surface area contributed by atoms with E-state index in [2.05, 4.69) is 0 Å². The Labute approximate surface area is 94.2 Å². The molecule has 0 heterocycles. The molecule has 0 aromatic rings. The van der Waals surface area contributed by atoms with E-state index in [1.54, 1.807) is 0 Å². The number of carbonyl (C=O) groups is 3. The highest BCUT2D eigenvalue weighted by Gasteiger charge is 2.48. The minimum Gasteiger partial charge on any atom is -0.481 e. The highest BCUT2D eigenvalue weighted by molar-refractivity contribution is 5.91. The molecule has 1 atom stereocenters. The second kappa shape index (κ2) is 5.15. The molecule has 2 N–H and O–H groups in total. The van der Waals surface area contributed by atoms with Crippen LogP contribution in [0.15, 0.2) is 0 Å². The summed E-state index contributed by atoms with van der Waals surface area (Å²) in [5.74, 6) is -5.52. The van der Waals surface area contributed by atoms with Crippen LogP contribution in [-0.4, -0.2) is 34.1 Å². The number of carboxylic acid groups (broad SMARTS) is 2. The number of ketones is 1. The fourth-order valence-electron chi connectivity index (χ4n) is 1.31. The molecule has 17 heavy (non-hydrogen) atoms. The van der Waals surface area contributed by atoms with Crippen molar-refractivity contribution in [1.82, 2.24) is 0 Å². The number of alkyl halides is 3. The van der Waals surface area contributed by atoms with Gasteiger partial charge >= 0.3 is 18.1 Å². The normalized spacial score (nSPS) is 15.1. The first kappa shape index (κ1) is 15.4. The maximum atomic E-state index is 12.0. The molecule has 0 bridgehead atoms. The van der Waals surface area contributed by atoms with E-state index in [0.717, 1.165) is 0 Å². The van der Waals surface area contributed by atoms with Crippen molar-refractivity contribution in [3.05, 3.63) is 0 Å². The third-order valence-electron chi connectivity index (χ3n) is 2.44. The molecule has 0 aliphatic rings. The van der Waals surface area contributed by atoms with Crippen molar-refractivity contribution < 1.29 is 37.8 Å². The second-order valence-electron chi connectivity index (χ2n) is 3.61. The molecular weight excluding hydrogens is 245 g/mol. The number of rotatable bonds is 6. The fraction of sp³-hybridized carbons (Fsp3) is 0.667. The van der Waals surface area contributed by atoms with E-state index in [9.17, 15) is 27.6 Å². The summed E-state index contributed by atoms with van der Waals surface area (Å²) in [4.78, 5) is 32.1. The predicted molar refractivity (Wildman–Crippen MR) is 48.3 cm³/mol. The van der Waals surface area contributed by atoms with Crippen molar-refractivity contribution in [3.63, 3.8) is 0 Å². The first-order chi connectivity index (χ1) is 7.55. The Kier molecular flexibility index (Phi) is 4.67. The maximum Gasteiger partial charge on any atom is 0.450 e. The minimum atomic E-state index is -5.16. The van der Waals surface area contributed by atoms with Gasteiger partial charge in [-0.25, -0.2) is 0 Å². The lowest BCUT2D eigenvalue weighted by Crippen LogP contribution is -2.39. The fourth-order valence-corrected chi connectivity index (χ4v) is 1.31. The molecule has 0 fully saturated rings. The predicted octanol–water partition coefficient (Wildman–Crippen LogP) is 1.46. The molecule has 0 aliphatic carbocycles. The number of hydrogen-bond donors (Lipinski definition) is 2. The molecule has 8 heteroatoms. The van der Waals surface area contributed by atoms with Crippen LogP contribution >= 0.6 is 0 Å². The Morgan fingerprint density at radius 3 is 1.76 bits per heavy atom. The Bertz CT molecular complexity index is 336. The smallest absolute Gasteiger partial charge is 0.450 e. The van der Waals surface area contributed by atoms with Crippen LogP contribution in [-0.2, 0) is 14.4 Å². The van der Waals surface area contributed by atoms with Crippen LogP contribution in [0.25, 0.3) is 0 Å². The largest absolute Gasteiger partial charge is 0.481 e. The van der Waals surface area contributed by atoms with Gasteiger partial charge in [-0.2, -0.15) is 13.2 Å². The zero-order chi connectivity index (χ0) is 13.9. The molecule has 1 unspecified atom stereocenters. The van der Waals surface area contributed by atoms with Gasteiger partial charge in [0.25, 0.3) is 0 Å².